The van der Waals surface area contributed by atoms with Gasteiger partial charge < -0.3 is 5.73 Å². The first-order chi connectivity index (χ1) is 7.68. The number of anilines is 1. The van der Waals surface area contributed by atoms with Gasteiger partial charge in [-0.15, -0.1) is 0 Å². The number of hydrogen-bond donors (Lipinski definition) is 1. The van der Waals surface area contributed by atoms with Crippen molar-refractivity contribution in [1.29, 1.82) is 0 Å². The summed E-state index contributed by atoms with van der Waals surface area (Å²) >= 11 is 12.1. The van der Waals surface area contributed by atoms with Crippen LogP contribution in [-0.2, 0) is 6.42 Å². The highest BCUT2D eigenvalue weighted by atomic mass is 35.5. The van der Waals surface area contributed by atoms with Gasteiger partial charge in [-0.3, -0.25) is 0 Å². The molecule has 0 amide bonds. The van der Waals surface area contributed by atoms with Crippen molar-refractivity contribution in [2.75, 3.05) is 5.73 Å². The highest BCUT2D eigenvalue weighted by Gasteiger charge is 2.06. The molecule has 0 fully saturated rings. The second-order valence-electron chi connectivity index (χ2n) is 3.59. The highest BCUT2D eigenvalue weighted by molar-refractivity contribution is 6.42. The minimum atomic E-state index is 0.577. The molecule has 0 aliphatic carbocycles. The monoisotopic (exact) mass is 251 g/mol. The lowest BCUT2D eigenvalue weighted by atomic mass is 10.0. The maximum Gasteiger partial charge on any atom is 0.0627 e. The Bertz CT molecular complexity index is 509. The Morgan fingerprint density at radius 2 is 1.56 bits per heavy atom. The second-order valence-corrected chi connectivity index (χ2v) is 4.37. The summed E-state index contributed by atoms with van der Waals surface area (Å²) in [6.07, 6.45) is 0.700. The first-order valence-electron chi connectivity index (χ1n) is 4.95. The fourth-order valence-electron chi connectivity index (χ4n) is 1.59. The Morgan fingerprint density at radius 1 is 0.875 bits per heavy atom. The average molecular weight is 252 g/mol. The summed E-state index contributed by atoms with van der Waals surface area (Å²) in [6, 6.07) is 13.4. The van der Waals surface area contributed by atoms with E-state index in [1.165, 1.54) is 0 Å². The SMILES string of the molecule is Nc1ccccc1Cc1cccc(Cl)c1Cl. The normalized spacial score (nSPS) is 10.4. The van der Waals surface area contributed by atoms with E-state index in [1.54, 1.807) is 6.07 Å². The van der Waals surface area contributed by atoms with E-state index in [9.17, 15) is 0 Å². The van der Waals surface area contributed by atoms with Crippen LogP contribution in [0.3, 0.4) is 0 Å². The average Bonchev–Trinajstić information content (AvgIpc) is 2.28. The predicted molar refractivity (Wildman–Crippen MR) is 70.1 cm³/mol. The van der Waals surface area contributed by atoms with Gasteiger partial charge in [-0.2, -0.15) is 0 Å². The van der Waals surface area contributed by atoms with Gasteiger partial charge in [0.15, 0.2) is 0 Å². The summed E-state index contributed by atoms with van der Waals surface area (Å²) in [5.74, 6) is 0. The Balaban J connectivity index is 2.35. The molecule has 0 saturated carbocycles. The maximum absolute atomic E-state index is 6.12. The molecule has 3 heteroatoms. The van der Waals surface area contributed by atoms with Crippen LogP contribution in [-0.4, -0.2) is 0 Å². The highest BCUT2D eigenvalue weighted by Crippen LogP contribution is 2.28. The van der Waals surface area contributed by atoms with Gasteiger partial charge in [0, 0.05) is 12.1 Å². The third kappa shape index (κ3) is 2.31. The van der Waals surface area contributed by atoms with E-state index in [0.29, 0.717) is 16.5 Å². The van der Waals surface area contributed by atoms with E-state index in [-0.39, 0.29) is 0 Å². The van der Waals surface area contributed by atoms with E-state index in [0.717, 1.165) is 16.8 Å². The molecule has 0 spiro atoms. The Hall–Kier alpha value is -1.18. The molecule has 0 bridgehead atoms. The molecular weight excluding hydrogens is 241 g/mol. The van der Waals surface area contributed by atoms with Crippen LogP contribution >= 0.6 is 23.2 Å². The van der Waals surface area contributed by atoms with Crippen LogP contribution in [0.15, 0.2) is 42.5 Å². The Labute approximate surface area is 105 Å². The molecule has 2 aromatic rings. The fraction of sp³-hybridized carbons (Fsp3) is 0.0769. The molecule has 2 N–H and O–H groups in total. The van der Waals surface area contributed by atoms with Gasteiger partial charge in [0.05, 0.1) is 10.0 Å². The smallest absolute Gasteiger partial charge is 0.0627 e. The lowest BCUT2D eigenvalue weighted by Crippen LogP contribution is -1.95. The number of nitrogen functional groups attached to an aromatic ring is 1. The Morgan fingerprint density at radius 3 is 2.31 bits per heavy atom. The standard InChI is InChI=1S/C13H11Cl2N/c14-11-6-3-5-10(13(11)15)8-9-4-1-2-7-12(9)16/h1-7H,8,16H2. The summed E-state index contributed by atoms with van der Waals surface area (Å²) in [5, 5.41) is 1.18. The van der Waals surface area contributed by atoms with Gasteiger partial charge >= 0.3 is 0 Å². The molecule has 2 rings (SSSR count). The topological polar surface area (TPSA) is 26.0 Å². The zero-order valence-electron chi connectivity index (χ0n) is 8.58. The minimum absolute atomic E-state index is 0.577. The summed E-state index contributed by atoms with van der Waals surface area (Å²) in [4.78, 5) is 0. The van der Waals surface area contributed by atoms with Crippen LogP contribution in [0.1, 0.15) is 11.1 Å². The van der Waals surface area contributed by atoms with Gasteiger partial charge in [-0.25, -0.2) is 0 Å². The van der Waals surface area contributed by atoms with E-state index in [2.05, 4.69) is 0 Å². The molecule has 16 heavy (non-hydrogen) atoms. The second kappa shape index (κ2) is 4.77. The molecule has 1 nitrogen and oxygen atoms in total. The van der Waals surface area contributed by atoms with E-state index < -0.39 is 0 Å². The number of hydrogen-bond acceptors (Lipinski definition) is 1. The van der Waals surface area contributed by atoms with Crippen molar-refractivity contribution in [3.8, 4) is 0 Å². The lowest BCUT2D eigenvalue weighted by molar-refractivity contribution is 1.20. The molecule has 0 atom stereocenters. The third-order valence-electron chi connectivity index (χ3n) is 2.47. The maximum atomic E-state index is 6.12. The quantitative estimate of drug-likeness (QED) is 0.797. The summed E-state index contributed by atoms with van der Waals surface area (Å²) in [5.41, 5.74) is 8.71. The van der Waals surface area contributed by atoms with Gasteiger partial charge in [0.25, 0.3) is 0 Å². The molecule has 0 unspecified atom stereocenters. The molecule has 0 aromatic heterocycles. The van der Waals surface area contributed by atoms with Crippen molar-refractivity contribution in [2.45, 2.75) is 6.42 Å². The minimum Gasteiger partial charge on any atom is -0.398 e. The van der Waals surface area contributed by atoms with Crippen LogP contribution in [0.25, 0.3) is 0 Å². The first-order valence-corrected chi connectivity index (χ1v) is 5.70. The van der Waals surface area contributed by atoms with Crippen LogP contribution in [0.4, 0.5) is 5.69 Å². The third-order valence-corrected chi connectivity index (χ3v) is 3.33. The van der Waals surface area contributed by atoms with E-state index in [1.807, 2.05) is 36.4 Å². The molecule has 82 valence electrons. The molecule has 0 radical (unpaired) electrons. The van der Waals surface area contributed by atoms with Crippen molar-refractivity contribution in [2.24, 2.45) is 0 Å². The van der Waals surface area contributed by atoms with E-state index >= 15 is 0 Å². The molecule has 0 aliphatic rings. The van der Waals surface area contributed by atoms with Crippen molar-refractivity contribution < 1.29 is 0 Å². The number of nitrogens with two attached hydrogens (primary N) is 1. The molecule has 0 aliphatic heterocycles. The van der Waals surface area contributed by atoms with Crippen molar-refractivity contribution in [3.63, 3.8) is 0 Å². The van der Waals surface area contributed by atoms with Crippen LogP contribution in [0, 0.1) is 0 Å². The molecule has 0 heterocycles. The van der Waals surface area contributed by atoms with Crippen molar-refractivity contribution in [3.05, 3.63) is 63.6 Å². The van der Waals surface area contributed by atoms with Crippen molar-refractivity contribution in [1.82, 2.24) is 0 Å². The van der Waals surface area contributed by atoms with Crippen LogP contribution in [0.2, 0.25) is 10.0 Å². The fourth-order valence-corrected chi connectivity index (χ4v) is 1.97. The van der Waals surface area contributed by atoms with E-state index in [4.69, 9.17) is 28.9 Å². The zero-order valence-corrected chi connectivity index (χ0v) is 10.1. The van der Waals surface area contributed by atoms with Gasteiger partial charge in [-0.05, 0) is 23.3 Å². The van der Waals surface area contributed by atoms with Crippen LogP contribution < -0.4 is 5.73 Å². The van der Waals surface area contributed by atoms with Gasteiger partial charge in [-0.1, -0.05) is 53.5 Å². The molecular formula is C13H11Cl2N. The Kier molecular flexibility index (Phi) is 3.37. The number of halogens is 2. The molecule has 0 saturated heterocycles. The van der Waals surface area contributed by atoms with Gasteiger partial charge in [0.1, 0.15) is 0 Å². The zero-order chi connectivity index (χ0) is 11.5. The van der Waals surface area contributed by atoms with Crippen molar-refractivity contribution >= 4 is 28.9 Å². The van der Waals surface area contributed by atoms with Crippen LogP contribution in [0.5, 0.6) is 0 Å². The first kappa shape index (κ1) is 11.3. The summed E-state index contributed by atoms with van der Waals surface area (Å²) in [7, 11) is 0. The lowest BCUT2D eigenvalue weighted by Gasteiger charge is -2.08. The number of benzene rings is 2. The molecule has 2 aromatic carbocycles. The predicted octanol–water partition coefficient (Wildman–Crippen LogP) is 4.17. The number of rotatable bonds is 2. The number of para-hydroxylation sites is 1. The largest absolute Gasteiger partial charge is 0.398 e. The van der Waals surface area contributed by atoms with Gasteiger partial charge in [0.2, 0.25) is 0 Å². The summed E-state index contributed by atoms with van der Waals surface area (Å²) < 4.78 is 0. The summed E-state index contributed by atoms with van der Waals surface area (Å²) in [6.45, 7) is 0.